The number of aromatic nitrogens is 1. The molecule has 1 rings (SSSR count). The number of hydrogen-bond donors (Lipinski definition) is 4. The van der Waals surface area contributed by atoms with Gasteiger partial charge in [-0.2, -0.15) is 4.57 Å². The van der Waals surface area contributed by atoms with Gasteiger partial charge >= 0.3 is 15.2 Å². The zero-order valence-corrected chi connectivity index (χ0v) is 9.47. The Bertz CT molecular complexity index is 434. The summed E-state index contributed by atoms with van der Waals surface area (Å²) in [7, 11) is -7.88. The van der Waals surface area contributed by atoms with Crippen molar-refractivity contribution in [1.82, 2.24) is 0 Å². The van der Waals surface area contributed by atoms with Gasteiger partial charge in [0.05, 0.1) is 0 Å². The molecule has 0 atom stereocenters. The third kappa shape index (κ3) is 2.72. The van der Waals surface area contributed by atoms with E-state index in [1.807, 2.05) is 0 Å². The molecule has 1 heterocycles. The molecule has 0 aromatic carbocycles. The first-order valence-electron chi connectivity index (χ1n) is 3.75. The van der Waals surface area contributed by atoms with Gasteiger partial charge in [-0.3, -0.25) is 0 Å². The van der Waals surface area contributed by atoms with Crippen molar-refractivity contribution >= 4 is 26.1 Å². The van der Waals surface area contributed by atoms with Gasteiger partial charge in [0.1, 0.15) is 7.05 Å². The van der Waals surface area contributed by atoms with Gasteiger partial charge in [0.15, 0.2) is 0 Å². The van der Waals surface area contributed by atoms with Gasteiger partial charge in [-0.1, -0.05) is 0 Å². The number of pyridine rings is 1. The summed E-state index contributed by atoms with van der Waals surface area (Å²) in [4.78, 5) is 35.6. The second-order valence-corrected chi connectivity index (χ2v) is 5.98. The van der Waals surface area contributed by atoms with E-state index in [9.17, 15) is 9.13 Å². The molecular formula is C6H10NO6P2+. The third-order valence-corrected chi connectivity index (χ3v) is 3.87. The molecule has 0 bridgehead atoms. The lowest BCUT2D eigenvalue weighted by atomic mass is 10.5. The topological polar surface area (TPSA) is 119 Å². The number of hydrogen-bond acceptors (Lipinski definition) is 2. The Kier molecular flexibility index (Phi) is 3.16. The maximum Gasteiger partial charge on any atom is 0.419 e. The van der Waals surface area contributed by atoms with E-state index in [1.165, 1.54) is 13.1 Å². The van der Waals surface area contributed by atoms with Crippen LogP contribution in [0.15, 0.2) is 18.2 Å². The van der Waals surface area contributed by atoms with E-state index >= 15 is 0 Å². The van der Waals surface area contributed by atoms with E-state index in [1.54, 1.807) is 0 Å². The normalized spacial score (nSPS) is 12.9. The van der Waals surface area contributed by atoms with Gasteiger partial charge in [-0.15, -0.1) is 0 Å². The van der Waals surface area contributed by atoms with Crippen molar-refractivity contribution in [3.05, 3.63) is 18.2 Å². The monoisotopic (exact) mass is 254 g/mol. The molecule has 0 aliphatic carbocycles. The highest BCUT2D eigenvalue weighted by atomic mass is 31.2. The van der Waals surface area contributed by atoms with E-state index in [4.69, 9.17) is 19.6 Å². The van der Waals surface area contributed by atoms with Crippen LogP contribution in [0.4, 0.5) is 0 Å². The third-order valence-electron chi connectivity index (χ3n) is 1.77. The summed E-state index contributed by atoms with van der Waals surface area (Å²) in [5.41, 5.74) is -0.883. The Balaban J connectivity index is 3.51. The summed E-state index contributed by atoms with van der Waals surface area (Å²) in [5.74, 6) is 0. The Morgan fingerprint density at radius 1 is 1.00 bits per heavy atom. The molecule has 0 aliphatic heterocycles. The van der Waals surface area contributed by atoms with Gasteiger partial charge in [0, 0.05) is 12.1 Å². The van der Waals surface area contributed by atoms with Crippen LogP contribution in [0.3, 0.4) is 0 Å². The van der Waals surface area contributed by atoms with Crippen molar-refractivity contribution in [3.63, 3.8) is 0 Å². The minimum absolute atomic E-state index is 0.441. The molecule has 1 aromatic heterocycles. The first-order valence-corrected chi connectivity index (χ1v) is 6.98. The van der Waals surface area contributed by atoms with Crippen LogP contribution in [-0.4, -0.2) is 19.6 Å². The van der Waals surface area contributed by atoms with Crippen molar-refractivity contribution in [2.45, 2.75) is 0 Å². The standard InChI is InChI=1S/C6H9NO6P2/c1-7-5(14(8,9)10)3-2-4-6(7)15(11,12)13/h2-4H,1H3,(H3-,8,9,10,11,12,13)/p+1. The summed E-state index contributed by atoms with van der Waals surface area (Å²) in [6.45, 7) is 0. The highest BCUT2D eigenvalue weighted by molar-refractivity contribution is 7.60. The Morgan fingerprint density at radius 2 is 1.33 bits per heavy atom. The summed E-state index contributed by atoms with van der Waals surface area (Å²) in [5, 5.41) is 0. The lowest BCUT2D eigenvalue weighted by molar-refractivity contribution is -0.636. The van der Waals surface area contributed by atoms with Crippen molar-refractivity contribution in [2.24, 2.45) is 7.05 Å². The molecule has 0 aliphatic rings. The molecule has 0 amide bonds. The van der Waals surface area contributed by atoms with Crippen molar-refractivity contribution in [3.8, 4) is 0 Å². The summed E-state index contributed by atoms with van der Waals surface area (Å²) in [6.07, 6.45) is 0. The molecule has 0 radical (unpaired) electrons. The predicted molar refractivity (Wildman–Crippen MR) is 51.0 cm³/mol. The van der Waals surface area contributed by atoms with E-state index < -0.39 is 26.1 Å². The average Bonchev–Trinajstić information content (AvgIpc) is 1.99. The van der Waals surface area contributed by atoms with Gasteiger partial charge in [0.2, 0.25) is 0 Å². The molecule has 84 valence electrons. The molecule has 0 saturated carbocycles. The van der Waals surface area contributed by atoms with E-state index in [-0.39, 0.29) is 0 Å². The molecule has 7 nitrogen and oxygen atoms in total. The van der Waals surface area contributed by atoms with Crippen molar-refractivity contribution in [2.75, 3.05) is 0 Å². The number of nitrogens with zero attached hydrogens (tertiary/aromatic N) is 1. The van der Waals surface area contributed by atoms with Crippen LogP contribution in [0, 0.1) is 0 Å². The highest BCUT2D eigenvalue weighted by Gasteiger charge is 2.35. The maximum atomic E-state index is 11.0. The van der Waals surface area contributed by atoms with E-state index in [0.717, 1.165) is 16.7 Å². The molecule has 0 saturated heterocycles. The van der Waals surface area contributed by atoms with Crippen LogP contribution in [0.5, 0.6) is 0 Å². The first kappa shape index (κ1) is 12.5. The Labute approximate surface area is 85.3 Å². The molecule has 0 unspecified atom stereocenters. The zero-order chi connectivity index (χ0) is 11.9. The minimum Gasteiger partial charge on any atom is -0.317 e. The second-order valence-electron chi connectivity index (χ2n) is 2.89. The molecule has 0 fully saturated rings. The van der Waals surface area contributed by atoms with Crippen LogP contribution in [-0.2, 0) is 16.2 Å². The summed E-state index contributed by atoms with van der Waals surface area (Å²) in [6, 6.07) is 3.41. The zero-order valence-electron chi connectivity index (χ0n) is 7.68. The molecule has 1 aromatic rings. The lowest BCUT2D eigenvalue weighted by Crippen LogP contribution is -2.56. The highest BCUT2D eigenvalue weighted by Crippen LogP contribution is 2.34. The van der Waals surface area contributed by atoms with Crippen LogP contribution < -0.4 is 15.4 Å². The number of rotatable bonds is 2. The largest absolute Gasteiger partial charge is 0.419 e. The minimum atomic E-state index is -4.53. The molecule has 4 N–H and O–H groups in total. The molecular weight excluding hydrogens is 244 g/mol. The lowest BCUT2D eigenvalue weighted by Gasteiger charge is -2.06. The first-order chi connectivity index (χ1) is 6.64. The fraction of sp³-hybridized carbons (Fsp3) is 0.167. The molecule has 0 spiro atoms. The van der Waals surface area contributed by atoms with Crippen LogP contribution in [0.25, 0.3) is 0 Å². The van der Waals surface area contributed by atoms with E-state index in [2.05, 4.69) is 0 Å². The van der Waals surface area contributed by atoms with Gasteiger partial charge in [0.25, 0.3) is 10.9 Å². The SMILES string of the molecule is C[n+]1c(P(=O)(O)O)cccc1P(=O)(O)O. The van der Waals surface area contributed by atoms with Gasteiger partial charge in [-0.05, 0) is 6.07 Å². The Hall–Kier alpha value is -0.550. The average molecular weight is 254 g/mol. The molecule has 9 heteroatoms. The summed E-state index contributed by atoms with van der Waals surface area (Å²) >= 11 is 0. The van der Waals surface area contributed by atoms with Crippen LogP contribution >= 0.6 is 15.2 Å². The fourth-order valence-corrected chi connectivity index (χ4v) is 2.78. The van der Waals surface area contributed by atoms with Crippen molar-refractivity contribution < 1.29 is 33.3 Å². The summed E-state index contributed by atoms with van der Waals surface area (Å²) < 4.78 is 22.7. The fourth-order valence-electron chi connectivity index (χ4n) is 1.15. The van der Waals surface area contributed by atoms with E-state index in [0.29, 0.717) is 0 Å². The predicted octanol–water partition coefficient (Wildman–Crippen LogP) is -1.88. The van der Waals surface area contributed by atoms with Crippen LogP contribution in [0.2, 0.25) is 0 Å². The van der Waals surface area contributed by atoms with Crippen molar-refractivity contribution in [1.29, 1.82) is 0 Å². The maximum absolute atomic E-state index is 11.0. The Morgan fingerprint density at radius 3 is 1.60 bits per heavy atom. The van der Waals surface area contributed by atoms with Gasteiger partial charge in [-0.25, -0.2) is 9.13 Å². The molecule has 15 heavy (non-hydrogen) atoms. The van der Waals surface area contributed by atoms with Gasteiger partial charge < -0.3 is 19.6 Å². The second kappa shape index (κ2) is 3.79. The van der Waals surface area contributed by atoms with Crippen LogP contribution in [0.1, 0.15) is 0 Å². The smallest absolute Gasteiger partial charge is 0.317 e. The quantitative estimate of drug-likeness (QED) is 0.362.